The lowest BCUT2D eigenvalue weighted by atomic mass is 9.98. The first-order valence-corrected chi connectivity index (χ1v) is 5.89. The van der Waals surface area contributed by atoms with Crippen molar-refractivity contribution in [3.05, 3.63) is 0 Å². The van der Waals surface area contributed by atoms with Crippen LogP contribution in [0.4, 0.5) is 18.0 Å². The van der Waals surface area contributed by atoms with Crippen LogP contribution in [0, 0.1) is 0 Å². The Kier molecular flexibility index (Phi) is 4.47. The van der Waals surface area contributed by atoms with Crippen LogP contribution in [-0.2, 0) is 4.74 Å². The molecular weight excluding hydrogens is 249 g/mol. The van der Waals surface area contributed by atoms with E-state index in [1.54, 1.807) is 20.8 Å². The second-order valence-corrected chi connectivity index (χ2v) is 5.37. The fourth-order valence-corrected chi connectivity index (χ4v) is 1.85. The number of rotatable bonds is 1. The number of ether oxygens (including phenoxy) is 1. The first kappa shape index (κ1) is 15.1. The molecule has 106 valence electrons. The maximum absolute atomic E-state index is 12.7. The van der Waals surface area contributed by atoms with E-state index in [0.717, 1.165) is 0 Å². The molecule has 0 radical (unpaired) electrons. The molecule has 0 saturated carbocycles. The quantitative estimate of drug-likeness (QED) is 0.766. The molecule has 1 fully saturated rings. The van der Waals surface area contributed by atoms with E-state index in [4.69, 9.17) is 4.74 Å². The van der Waals surface area contributed by atoms with Gasteiger partial charge >= 0.3 is 12.3 Å². The molecule has 0 aromatic carbocycles. The lowest BCUT2D eigenvalue weighted by molar-refractivity contribution is -0.165. The largest absolute Gasteiger partial charge is 0.444 e. The van der Waals surface area contributed by atoms with Gasteiger partial charge in [-0.25, -0.2) is 4.79 Å². The maximum atomic E-state index is 12.7. The van der Waals surface area contributed by atoms with Crippen molar-refractivity contribution in [1.82, 2.24) is 10.6 Å². The number of piperidine rings is 1. The second kappa shape index (κ2) is 5.34. The highest BCUT2D eigenvalue weighted by molar-refractivity contribution is 5.68. The molecule has 0 bridgehead atoms. The Morgan fingerprint density at radius 1 is 1.33 bits per heavy atom. The summed E-state index contributed by atoms with van der Waals surface area (Å²) in [5.41, 5.74) is -0.722. The lowest BCUT2D eigenvalue weighted by Gasteiger charge is -2.34. The van der Waals surface area contributed by atoms with Crippen molar-refractivity contribution in [3.8, 4) is 0 Å². The van der Waals surface area contributed by atoms with Crippen molar-refractivity contribution in [3.63, 3.8) is 0 Å². The molecule has 0 aromatic heterocycles. The average Bonchev–Trinajstić information content (AvgIpc) is 2.13. The van der Waals surface area contributed by atoms with Crippen LogP contribution >= 0.6 is 0 Å². The van der Waals surface area contributed by atoms with Crippen LogP contribution in [0.3, 0.4) is 0 Å². The van der Waals surface area contributed by atoms with Gasteiger partial charge in [-0.2, -0.15) is 13.2 Å². The van der Waals surface area contributed by atoms with Gasteiger partial charge in [0.05, 0.1) is 6.04 Å². The van der Waals surface area contributed by atoms with E-state index in [1.807, 2.05) is 0 Å². The molecule has 2 atom stereocenters. The van der Waals surface area contributed by atoms with Gasteiger partial charge in [0.25, 0.3) is 0 Å². The van der Waals surface area contributed by atoms with Crippen LogP contribution in [0.5, 0.6) is 0 Å². The molecule has 0 aromatic rings. The maximum Gasteiger partial charge on any atom is 0.407 e. The summed E-state index contributed by atoms with van der Waals surface area (Å²) in [7, 11) is 0. The van der Waals surface area contributed by atoms with E-state index in [-0.39, 0.29) is 6.42 Å². The van der Waals surface area contributed by atoms with Crippen molar-refractivity contribution in [2.45, 2.75) is 57.5 Å². The highest BCUT2D eigenvalue weighted by Gasteiger charge is 2.46. The van der Waals surface area contributed by atoms with Gasteiger partial charge in [0.2, 0.25) is 0 Å². The lowest BCUT2D eigenvalue weighted by Crippen LogP contribution is -2.60. The number of carbonyl (C=O) groups excluding carboxylic acids is 1. The summed E-state index contributed by atoms with van der Waals surface area (Å²) < 4.78 is 43.1. The molecule has 1 heterocycles. The standard InChI is InChI=1S/C11H19F3N2O2/c1-10(2,3)18-9(17)16-7-5-4-6-15-8(7)11(12,13)14/h7-8,15H,4-6H2,1-3H3,(H,16,17). The van der Waals surface area contributed by atoms with Crippen LogP contribution in [0.2, 0.25) is 0 Å². The topological polar surface area (TPSA) is 50.4 Å². The smallest absolute Gasteiger partial charge is 0.407 e. The monoisotopic (exact) mass is 268 g/mol. The Balaban J connectivity index is 2.60. The Hall–Kier alpha value is -0.980. The SMILES string of the molecule is CC(C)(C)OC(=O)NC1CCCNC1C(F)(F)F. The molecule has 1 rings (SSSR count). The Morgan fingerprint density at radius 3 is 2.44 bits per heavy atom. The fraction of sp³-hybridized carbons (Fsp3) is 0.909. The predicted molar refractivity (Wildman–Crippen MR) is 60.2 cm³/mol. The van der Waals surface area contributed by atoms with E-state index in [0.29, 0.717) is 13.0 Å². The molecule has 1 aliphatic heterocycles. The molecule has 1 aliphatic rings. The third-order valence-electron chi connectivity index (χ3n) is 2.51. The van der Waals surface area contributed by atoms with Gasteiger partial charge < -0.3 is 15.4 Å². The van der Waals surface area contributed by atoms with Crippen molar-refractivity contribution >= 4 is 6.09 Å². The van der Waals surface area contributed by atoms with Gasteiger partial charge in [-0.15, -0.1) is 0 Å². The molecular formula is C11H19F3N2O2. The number of hydrogen-bond acceptors (Lipinski definition) is 3. The number of alkyl carbamates (subject to hydrolysis) is 1. The van der Waals surface area contributed by atoms with Crippen LogP contribution in [0.25, 0.3) is 0 Å². The van der Waals surface area contributed by atoms with E-state index in [1.165, 1.54) is 0 Å². The molecule has 4 nitrogen and oxygen atoms in total. The van der Waals surface area contributed by atoms with Gasteiger partial charge in [-0.05, 0) is 40.2 Å². The molecule has 0 aliphatic carbocycles. The van der Waals surface area contributed by atoms with Crippen molar-refractivity contribution in [1.29, 1.82) is 0 Å². The van der Waals surface area contributed by atoms with Crippen LogP contribution in [-0.4, -0.2) is 36.5 Å². The average molecular weight is 268 g/mol. The van der Waals surface area contributed by atoms with Crippen LogP contribution < -0.4 is 10.6 Å². The number of carbonyl (C=O) groups is 1. The van der Waals surface area contributed by atoms with Crippen molar-refractivity contribution in [2.75, 3.05) is 6.54 Å². The number of alkyl halides is 3. The summed E-state index contributed by atoms with van der Waals surface area (Å²) in [5.74, 6) is 0. The minimum atomic E-state index is -4.37. The third-order valence-corrected chi connectivity index (χ3v) is 2.51. The number of amides is 1. The van der Waals surface area contributed by atoms with Crippen molar-refractivity contribution < 1.29 is 22.7 Å². The number of halogens is 3. The van der Waals surface area contributed by atoms with Crippen molar-refractivity contribution in [2.24, 2.45) is 0 Å². The van der Waals surface area contributed by atoms with E-state index >= 15 is 0 Å². The summed E-state index contributed by atoms with van der Waals surface area (Å²) in [5, 5.41) is 4.67. The first-order valence-electron chi connectivity index (χ1n) is 5.89. The summed E-state index contributed by atoms with van der Waals surface area (Å²) in [6, 6.07) is -2.69. The summed E-state index contributed by atoms with van der Waals surface area (Å²) in [6.45, 7) is 5.28. The first-order chi connectivity index (χ1) is 8.09. The summed E-state index contributed by atoms with van der Waals surface area (Å²) in [6.07, 6.45) is -4.31. The van der Waals surface area contributed by atoms with Crippen LogP contribution in [0.15, 0.2) is 0 Å². The van der Waals surface area contributed by atoms with E-state index < -0.39 is 30.0 Å². The number of nitrogens with one attached hydrogen (secondary N) is 2. The van der Waals surface area contributed by atoms with Gasteiger partial charge in [-0.1, -0.05) is 0 Å². The summed E-state index contributed by atoms with van der Waals surface area (Å²) in [4.78, 5) is 11.5. The Morgan fingerprint density at radius 2 is 1.94 bits per heavy atom. The fourth-order valence-electron chi connectivity index (χ4n) is 1.85. The molecule has 7 heteroatoms. The molecule has 2 unspecified atom stereocenters. The van der Waals surface area contributed by atoms with Gasteiger partial charge in [0, 0.05) is 0 Å². The summed E-state index contributed by atoms with van der Waals surface area (Å²) >= 11 is 0. The van der Waals surface area contributed by atoms with E-state index in [2.05, 4.69) is 10.6 Å². The minimum absolute atomic E-state index is 0.288. The third kappa shape index (κ3) is 4.72. The molecule has 2 N–H and O–H groups in total. The van der Waals surface area contributed by atoms with Gasteiger partial charge in [-0.3, -0.25) is 0 Å². The minimum Gasteiger partial charge on any atom is -0.444 e. The molecule has 1 saturated heterocycles. The zero-order chi connectivity index (χ0) is 14.0. The second-order valence-electron chi connectivity index (χ2n) is 5.37. The van der Waals surface area contributed by atoms with Crippen LogP contribution in [0.1, 0.15) is 33.6 Å². The Labute approximate surface area is 104 Å². The van der Waals surface area contributed by atoms with Gasteiger partial charge in [0.15, 0.2) is 0 Å². The molecule has 18 heavy (non-hydrogen) atoms. The van der Waals surface area contributed by atoms with E-state index in [9.17, 15) is 18.0 Å². The molecule has 0 spiro atoms. The Bertz CT molecular complexity index is 300. The zero-order valence-corrected chi connectivity index (χ0v) is 10.7. The van der Waals surface area contributed by atoms with Gasteiger partial charge in [0.1, 0.15) is 11.6 Å². The zero-order valence-electron chi connectivity index (χ0n) is 10.7. The molecule has 1 amide bonds. The number of hydrogen-bond donors (Lipinski definition) is 2. The highest BCUT2D eigenvalue weighted by Crippen LogP contribution is 2.26. The normalized spacial score (nSPS) is 25.7. The highest BCUT2D eigenvalue weighted by atomic mass is 19.4. The predicted octanol–water partition coefficient (Wildman–Crippen LogP) is 2.19.